The molecule has 112 valence electrons. The van der Waals surface area contributed by atoms with Gasteiger partial charge < -0.3 is 16.0 Å². The minimum Gasteiger partial charge on any atom is -0.348 e. The summed E-state index contributed by atoms with van der Waals surface area (Å²) in [6.45, 7) is 8.41. The molecule has 1 aliphatic rings. The molecular formula is C16H22N4O. The lowest BCUT2D eigenvalue weighted by Gasteiger charge is -2.62. The van der Waals surface area contributed by atoms with Crippen molar-refractivity contribution in [2.45, 2.75) is 39.8 Å². The van der Waals surface area contributed by atoms with E-state index in [1.165, 1.54) is 0 Å². The minimum absolute atomic E-state index is 0.0602. The van der Waals surface area contributed by atoms with Crippen LogP contribution in [0.3, 0.4) is 0 Å². The van der Waals surface area contributed by atoms with Crippen LogP contribution < -0.4 is 11.1 Å². The first kappa shape index (κ1) is 14.1. The lowest BCUT2D eigenvalue weighted by molar-refractivity contribution is -0.0663. The van der Waals surface area contributed by atoms with Gasteiger partial charge in [-0.1, -0.05) is 27.7 Å². The number of aromatic nitrogens is 2. The molecule has 21 heavy (non-hydrogen) atoms. The van der Waals surface area contributed by atoms with Crippen LogP contribution in [-0.4, -0.2) is 28.0 Å². The SMILES string of the molecule is CC1(C)C(N)C(C)(C)C1NC(=O)c1ccc2nc[nH]c2c1. The fraction of sp³-hybridized carbons (Fsp3) is 0.500. The van der Waals surface area contributed by atoms with Crippen molar-refractivity contribution in [3.05, 3.63) is 30.1 Å². The van der Waals surface area contributed by atoms with Crippen LogP contribution in [-0.2, 0) is 0 Å². The molecule has 1 heterocycles. The molecule has 5 nitrogen and oxygen atoms in total. The Hall–Kier alpha value is -1.88. The van der Waals surface area contributed by atoms with Crippen LogP contribution in [0.1, 0.15) is 38.1 Å². The van der Waals surface area contributed by atoms with E-state index in [1.54, 1.807) is 12.4 Å². The second-order valence-corrected chi connectivity index (χ2v) is 7.16. The summed E-state index contributed by atoms with van der Waals surface area (Å²) in [6, 6.07) is 5.62. The highest BCUT2D eigenvalue weighted by atomic mass is 16.1. The van der Waals surface area contributed by atoms with Gasteiger partial charge in [-0.25, -0.2) is 4.98 Å². The van der Waals surface area contributed by atoms with Crippen molar-refractivity contribution in [3.8, 4) is 0 Å². The Balaban J connectivity index is 1.83. The topological polar surface area (TPSA) is 83.8 Å². The van der Waals surface area contributed by atoms with Gasteiger partial charge in [0.2, 0.25) is 0 Å². The summed E-state index contributed by atoms with van der Waals surface area (Å²) in [5.74, 6) is -0.0652. The number of H-pyrrole nitrogens is 1. The number of aromatic amines is 1. The standard InChI is InChI=1S/C16H22N4O/c1-15(2)13(17)16(3,4)14(15)20-12(21)9-5-6-10-11(7-9)19-8-18-10/h5-8,13-14H,17H2,1-4H3,(H,18,19)(H,20,21). The molecule has 0 unspecified atom stereocenters. The molecule has 0 aliphatic heterocycles. The maximum Gasteiger partial charge on any atom is 0.251 e. The molecule has 1 fully saturated rings. The lowest BCUT2D eigenvalue weighted by Crippen LogP contribution is -2.76. The second kappa shape index (κ2) is 4.31. The van der Waals surface area contributed by atoms with Crippen LogP contribution in [0.25, 0.3) is 11.0 Å². The van der Waals surface area contributed by atoms with Gasteiger partial charge >= 0.3 is 0 Å². The number of hydrogen-bond donors (Lipinski definition) is 3. The number of benzene rings is 1. The molecule has 1 amide bonds. The molecule has 0 bridgehead atoms. The van der Waals surface area contributed by atoms with E-state index in [2.05, 4.69) is 43.0 Å². The van der Waals surface area contributed by atoms with Crippen molar-refractivity contribution in [2.24, 2.45) is 16.6 Å². The van der Waals surface area contributed by atoms with Gasteiger partial charge in [0.15, 0.2) is 0 Å². The molecule has 0 radical (unpaired) electrons. The van der Waals surface area contributed by atoms with Gasteiger partial charge in [0.25, 0.3) is 5.91 Å². The molecule has 4 N–H and O–H groups in total. The predicted molar refractivity (Wildman–Crippen MR) is 82.9 cm³/mol. The molecule has 2 aromatic rings. The number of rotatable bonds is 2. The van der Waals surface area contributed by atoms with Crippen LogP contribution in [0.15, 0.2) is 24.5 Å². The van der Waals surface area contributed by atoms with Crippen molar-refractivity contribution in [1.29, 1.82) is 0 Å². The van der Waals surface area contributed by atoms with E-state index in [0.29, 0.717) is 5.56 Å². The van der Waals surface area contributed by atoms with Crippen LogP contribution in [0, 0.1) is 10.8 Å². The summed E-state index contributed by atoms with van der Waals surface area (Å²) in [5, 5.41) is 3.15. The van der Waals surface area contributed by atoms with Crippen LogP contribution in [0.2, 0.25) is 0 Å². The Morgan fingerprint density at radius 3 is 2.62 bits per heavy atom. The van der Waals surface area contributed by atoms with Gasteiger partial charge in [-0.2, -0.15) is 0 Å². The lowest BCUT2D eigenvalue weighted by atomic mass is 9.48. The number of fused-ring (bicyclic) bond motifs is 1. The van der Waals surface area contributed by atoms with Crippen molar-refractivity contribution < 1.29 is 4.79 Å². The normalized spacial score (nSPS) is 26.3. The maximum atomic E-state index is 12.5. The molecule has 1 saturated carbocycles. The minimum atomic E-state index is -0.1000. The Morgan fingerprint density at radius 1 is 1.29 bits per heavy atom. The van der Waals surface area contributed by atoms with Crippen LogP contribution in [0.4, 0.5) is 0 Å². The van der Waals surface area contributed by atoms with Crippen LogP contribution in [0.5, 0.6) is 0 Å². The zero-order valence-corrected chi connectivity index (χ0v) is 12.9. The third kappa shape index (κ3) is 1.95. The summed E-state index contributed by atoms with van der Waals surface area (Å²) in [5.41, 5.74) is 8.40. The average Bonchev–Trinajstić information content (AvgIpc) is 2.90. The van der Waals surface area contributed by atoms with Gasteiger partial charge in [-0.05, 0) is 18.2 Å². The third-order valence-electron chi connectivity index (χ3n) is 5.05. The van der Waals surface area contributed by atoms with Crippen molar-refractivity contribution in [3.63, 3.8) is 0 Å². The number of amides is 1. The van der Waals surface area contributed by atoms with Crippen LogP contribution >= 0.6 is 0 Å². The van der Waals surface area contributed by atoms with Gasteiger partial charge in [-0.3, -0.25) is 4.79 Å². The summed E-state index contributed by atoms with van der Waals surface area (Å²) in [7, 11) is 0. The van der Waals surface area contributed by atoms with Crippen molar-refractivity contribution in [1.82, 2.24) is 15.3 Å². The Labute approximate surface area is 124 Å². The Bertz CT molecular complexity index is 685. The number of nitrogens with one attached hydrogen (secondary N) is 2. The van der Waals surface area contributed by atoms with Crippen molar-refractivity contribution in [2.75, 3.05) is 0 Å². The number of nitrogens with zero attached hydrogens (tertiary/aromatic N) is 1. The molecule has 3 rings (SSSR count). The largest absolute Gasteiger partial charge is 0.348 e. The molecule has 5 heteroatoms. The van der Waals surface area contributed by atoms with E-state index >= 15 is 0 Å². The molecule has 1 aromatic heterocycles. The molecule has 1 aliphatic carbocycles. The molecule has 1 aromatic carbocycles. The number of hydrogen-bond acceptors (Lipinski definition) is 3. The van der Waals surface area contributed by atoms with E-state index in [-0.39, 0.29) is 28.8 Å². The quantitative estimate of drug-likeness (QED) is 0.790. The Morgan fingerprint density at radius 2 is 1.95 bits per heavy atom. The summed E-state index contributed by atoms with van der Waals surface area (Å²) in [4.78, 5) is 19.7. The average molecular weight is 286 g/mol. The molecule has 0 atom stereocenters. The highest BCUT2D eigenvalue weighted by molar-refractivity contribution is 5.97. The molecular weight excluding hydrogens is 264 g/mol. The van der Waals surface area contributed by atoms with Gasteiger partial charge in [-0.15, -0.1) is 0 Å². The molecule has 0 saturated heterocycles. The monoisotopic (exact) mass is 286 g/mol. The van der Waals surface area contributed by atoms with E-state index in [4.69, 9.17) is 5.73 Å². The Kier molecular flexibility index (Phi) is 2.89. The smallest absolute Gasteiger partial charge is 0.251 e. The number of carbonyl (C=O) groups excluding carboxylic acids is 1. The van der Waals surface area contributed by atoms with Gasteiger partial charge in [0.05, 0.1) is 17.4 Å². The second-order valence-electron chi connectivity index (χ2n) is 7.16. The third-order valence-corrected chi connectivity index (χ3v) is 5.05. The number of carbonyl (C=O) groups is 1. The van der Waals surface area contributed by atoms with E-state index in [0.717, 1.165) is 11.0 Å². The first-order valence-corrected chi connectivity index (χ1v) is 7.24. The molecule has 0 spiro atoms. The number of nitrogens with two attached hydrogens (primary N) is 1. The van der Waals surface area contributed by atoms with E-state index < -0.39 is 0 Å². The first-order valence-electron chi connectivity index (χ1n) is 7.24. The summed E-state index contributed by atoms with van der Waals surface area (Å²) < 4.78 is 0. The van der Waals surface area contributed by atoms with E-state index in [1.807, 2.05) is 12.1 Å². The zero-order valence-electron chi connectivity index (χ0n) is 12.9. The van der Waals surface area contributed by atoms with Crippen molar-refractivity contribution >= 4 is 16.9 Å². The first-order chi connectivity index (χ1) is 9.74. The summed E-state index contributed by atoms with van der Waals surface area (Å²) >= 11 is 0. The highest BCUT2D eigenvalue weighted by Gasteiger charge is 2.60. The number of imidazole rings is 1. The maximum absolute atomic E-state index is 12.5. The zero-order chi connectivity index (χ0) is 15.4. The predicted octanol–water partition coefficient (Wildman–Crippen LogP) is 2.05. The van der Waals surface area contributed by atoms with E-state index in [9.17, 15) is 4.79 Å². The summed E-state index contributed by atoms with van der Waals surface area (Å²) in [6.07, 6.45) is 1.63. The van der Waals surface area contributed by atoms with Gasteiger partial charge in [0, 0.05) is 28.5 Å². The fourth-order valence-corrected chi connectivity index (χ4v) is 3.84. The fourth-order valence-electron chi connectivity index (χ4n) is 3.84. The highest BCUT2D eigenvalue weighted by Crippen LogP contribution is 2.52. The van der Waals surface area contributed by atoms with Gasteiger partial charge in [0.1, 0.15) is 0 Å².